The molecule has 0 amide bonds. The number of aliphatic hydroxyl groups is 2. The number of carbonyl (C=O) groups excluding carboxylic acids is 4. The van der Waals surface area contributed by atoms with E-state index in [0.29, 0.717) is 148 Å². The molecule has 9 heterocycles. The highest BCUT2D eigenvalue weighted by molar-refractivity contribution is 14.1. The summed E-state index contributed by atoms with van der Waals surface area (Å²) in [6, 6.07) is 47.8. The molecule has 0 radical (unpaired) electrons. The summed E-state index contributed by atoms with van der Waals surface area (Å²) < 4.78 is 196. The van der Waals surface area contributed by atoms with Crippen molar-refractivity contribution < 1.29 is 116 Å². The molecule has 10 aromatic rings. The van der Waals surface area contributed by atoms with Crippen molar-refractivity contribution >= 4 is 110 Å². The lowest BCUT2D eigenvalue weighted by atomic mass is 9.49. The molecule has 0 bridgehead atoms. The number of hydrogen-bond donors (Lipinski definition) is 2. The maximum atomic E-state index is 15.2. The fourth-order valence-electron chi connectivity index (χ4n) is 24.4. The summed E-state index contributed by atoms with van der Waals surface area (Å²) in [7, 11) is 0. The Bertz CT molecular complexity index is 6450. The number of allylic oxidation sites excluding steroid dienone is 3. The first kappa shape index (κ1) is 108. The zero-order chi connectivity index (χ0) is 104. The maximum Gasteiger partial charge on any atom is 0.312 e. The van der Waals surface area contributed by atoms with Gasteiger partial charge in [0.05, 0.1) is 80.6 Å². The summed E-state index contributed by atoms with van der Waals surface area (Å²) in [6.45, 7) is 9.62. The summed E-state index contributed by atoms with van der Waals surface area (Å²) in [5.41, 5.74) is 2.25. The van der Waals surface area contributed by atoms with Crippen LogP contribution in [0.3, 0.4) is 0 Å². The molecule has 11 aliphatic rings. The van der Waals surface area contributed by atoms with Gasteiger partial charge in [-0.25, -0.2) is 43.9 Å². The molecular weight excluding hydrogens is 2120 g/mol. The number of cyclic esters (lactones) is 4. The van der Waals surface area contributed by atoms with Crippen LogP contribution in [-0.4, -0.2) is 111 Å². The van der Waals surface area contributed by atoms with Crippen molar-refractivity contribution in [2.45, 2.75) is 151 Å². The smallest absolute Gasteiger partial charge is 0.312 e. The second kappa shape index (κ2) is 47.3. The van der Waals surface area contributed by atoms with Crippen molar-refractivity contribution in [3.05, 3.63) is 352 Å². The molecular formula is C115H110Cl5F10IO15. The third-order valence-corrected chi connectivity index (χ3v) is 33.4. The number of rotatable bonds is 22. The molecule has 2 N–H and O–H groups in total. The highest BCUT2D eigenvalue weighted by atomic mass is 127. The first-order valence-corrected chi connectivity index (χ1v) is 52.4. The molecule has 1 spiro atoms. The molecule has 2 aliphatic carbocycles. The number of halogens is 16. The van der Waals surface area contributed by atoms with Gasteiger partial charge < -0.3 is 52.8 Å². The molecule has 7 unspecified atom stereocenters. The van der Waals surface area contributed by atoms with Gasteiger partial charge in [0.1, 0.15) is 35.7 Å². The molecule has 31 heteroatoms. The highest BCUT2D eigenvalue weighted by Crippen LogP contribution is 2.65. The zero-order valence-electron chi connectivity index (χ0n) is 79.9. The summed E-state index contributed by atoms with van der Waals surface area (Å²) in [4.78, 5) is 49.3. The van der Waals surface area contributed by atoms with Crippen molar-refractivity contribution in [2.24, 2.45) is 51.2 Å². The molecule has 6 fully saturated rings. The quantitative estimate of drug-likeness (QED) is 0.0162. The molecule has 21 rings (SSSR count). The van der Waals surface area contributed by atoms with Gasteiger partial charge in [-0.3, -0.25) is 19.2 Å². The standard InChI is InChI=1S/C23H22ClF2IO3.C23H21ClF2O3.C23H25ClF2O3.C23H21ClF2O3.C16H11ClF2O.C7H10O2/c24-15-4-2-14(3-5-15)12-16-17(23(8-1-10-27)9-11-29-22(23)28)13-30-21-19(26)7-6-18(25)20(16)21;24-15-4-2-14(3-5-15)12-23-9-1-8-22(10-11-28-21(22)27)18(23)13-29-20-17(26)7-6-16(25)19(20)23;24-16-4-2-15(3-5-16)12-23-9-1-8-22(14-28,10-11-27)19(23)13-29-21-18(26)7-6-17(25)20(21)23;1-2-9-23(10-11-28-22(23)27)17-13-29-21-19(26)8-7-18(25)20(21)16(17)12-14-3-5-15(24)6-4-14;17-12-3-1-10(2-4-12)9-11-7-8-20-16-14(19)6-5-13(18)15(11)16;1-2-3-6-4-5-9-7(6)8/h2-7,16-17H,1,8-13H2;2-7,18H,1,8-13H2;2-7,19,27-28H,1,8-14H2;2-8,16-17H,1,9-13H2;1-7H,8-9H2;2,6H,1,3-5H2/t;18-,22-,23-;19-,22+,23-;;;/m.00.../s1. The number of alkyl halides is 1. The molecule has 146 heavy (non-hydrogen) atoms. The molecule has 2 saturated carbocycles. The van der Waals surface area contributed by atoms with Crippen molar-refractivity contribution in [1.29, 1.82) is 0 Å². The van der Waals surface area contributed by atoms with Gasteiger partial charge in [-0.05, 0) is 281 Å². The SMILES string of the molecule is C=CCC1(C2COc3c(F)ccc(F)c3C2Cc2ccc(Cl)cc2)CCOC1=O.C=CCC1CCOC1=O.Fc1ccc(F)c2c1OCC=C2Cc1ccc(Cl)cc1.O=C1OCCC1(CCCI)C1COc2c(F)ccc(F)c2C1Cc1ccc(Cl)cc1.O=C1OCC[C@]12CCC[C@@]1(Cc3ccc(Cl)cc3)c3c(F)ccc(F)c3OC[C@@H]21.OCC[C@@]1(CO)CCC[C@@]2(Cc3ccc(Cl)cc3)c3c(F)ccc(F)c3OC[C@@H]12. The van der Waals surface area contributed by atoms with Crippen LogP contribution >= 0.6 is 80.6 Å². The highest BCUT2D eigenvalue weighted by Gasteiger charge is 2.65. The van der Waals surface area contributed by atoms with Crippen molar-refractivity contribution in [2.75, 3.05) is 77.1 Å². The van der Waals surface area contributed by atoms with E-state index in [2.05, 4.69) is 35.7 Å². The summed E-state index contributed by atoms with van der Waals surface area (Å²) in [5, 5.41) is 23.1. The molecule has 9 aliphatic heterocycles. The van der Waals surface area contributed by atoms with Crippen LogP contribution in [0.4, 0.5) is 43.9 Å². The number of ether oxygens (including phenoxy) is 9. The van der Waals surface area contributed by atoms with E-state index in [-0.39, 0.29) is 156 Å². The van der Waals surface area contributed by atoms with Crippen LogP contribution in [-0.2, 0) is 81.1 Å². The van der Waals surface area contributed by atoms with Crippen molar-refractivity contribution in [1.82, 2.24) is 0 Å². The third kappa shape index (κ3) is 22.3. The van der Waals surface area contributed by atoms with E-state index in [0.717, 1.165) is 131 Å². The van der Waals surface area contributed by atoms with E-state index < -0.39 is 102 Å². The van der Waals surface area contributed by atoms with E-state index in [1.807, 2.05) is 60.7 Å². The van der Waals surface area contributed by atoms with Crippen molar-refractivity contribution in [3.8, 4) is 28.7 Å². The van der Waals surface area contributed by atoms with Crippen LogP contribution in [0, 0.1) is 109 Å². The first-order valence-electron chi connectivity index (χ1n) is 49.0. The van der Waals surface area contributed by atoms with Gasteiger partial charge in [-0.15, -0.1) is 13.2 Å². The van der Waals surface area contributed by atoms with E-state index in [1.165, 1.54) is 0 Å². The molecule has 15 nitrogen and oxygen atoms in total. The predicted molar refractivity (Wildman–Crippen MR) is 546 cm³/mol. The van der Waals surface area contributed by atoms with E-state index in [9.17, 15) is 60.1 Å². The average Bonchev–Trinajstić information content (AvgIpc) is 1.10. The van der Waals surface area contributed by atoms with Crippen molar-refractivity contribution in [3.63, 3.8) is 0 Å². The van der Waals surface area contributed by atoms with Gasteiger partial charge in [0.15, 0.2) is 57.8 Å². The third-order valence-electron chi connectivity index (χ3n) is 31.4. The Morgan fingerprint density at radius 1 is 0.390 bits per heavy atom. The number of fused-ring (bicyclic) bond motifs is 10. The lowest BCUT2D eigenvalue weighted by Gasteiger charge is -2.57. The Hall–Kier alpha value is -10.3. The minimum Gasteiger partial charge on any atom is -0.490 e. The lowest BCUT2D eigenvalue weighted by Crippen LogP contribution is -2.57. The zero-order valence-corrected chi connectivity index (χ0v) is 85.8. The van der Waals surface area contributed by atoms with Crippen LogP contribution in [0.25, 0.3) is 5.57 Å². The van der Waals surface area contributed by atoms with Crippen LogP contribution in [0.15, 0.2) is 213 Å². The van der Waals surface area contributed by atoms with Crippen LogP contribution in [0.1, 0.15) is 164 Å². The lowest BCUT2D eigenvalue weighted by molar-refractivity contribution is -0.156. The number of benzene rings is 10. The van der Waals surface area contributed by atoms with E-state index in [1.54, 1.807) is 78.9 Å². The van der Waals surface area contributed by atoms with E-state index in [4.69, 9.17) is 101 Å². The minimum atomic E-state index is -0.866. The number of aliphatic hydroxyl groups excluding tert-OH is 2. The normalized spacial score (nSPS) is 25.5. The average molecular weight is 2230 g/mol. The Labute approximate surface area is 880 Å². The number of esters is 4. The van der Waals surface area contributed by atoms with Crippen LogP contribution in [0.5, 0.6) is 28.7 Å². The Morgan fingerprint density at radius 2 is 0.808 bits per heavy atom. The monoisotopic (exact) mass is 2220 g/mol. The van der Waals surface area contributed by atoms with Gasteiger partial charge in [0.2, 0.25) is 0 Å². The van der Waals surface area contributed by atoms with Gasteiger partial charge in [0.25, 0.3) is 0 Å². The first-order chi connectivity index (χ1) is 70.3. The minimum absolute atomic E-state index is 0.00327. The fourth-order valence-corrected chi connectivity index (χ4v) is 25.4. The number of hydrogen-bond acceptors (Lipinski definition) is 15. The van der Waals surface area contributed by atoms with E-state index >= 15 is 13.2 Å². The van der Waals surface area contributed by atoms with Gasteiger partial charge in [-0.1, -0.05) is 166 Å². The molecule has 10 aromatic carbocycles. The Balaban J connectivity index is 0.000000128. The predicted octanol–water partition coefficient (Wildman–Crippen LogP) is 27.2. The molecule has 4 saturated heterocycles. The van der Waals surface area contributed by atoms with Gasteiger partial charge in [-0.2, -0.15) is 0 Å². The maximum absolute atomic E-state index is 15.2. The summed E-state index contributed by atoms with van der Waals surface area (Å²) in [5.74, 6) is -8.35. The molecule has 772 valence electrons. The van der Waals surface area contributed by atoms with Crippen LogP contribution < -0.4 is 23.7 Å². The summed E-state index contributed by atoms with van der Waals surface area (Å²) in [6.07, 6.45) is 17.4. The topological polar surface area (TPSA) is 192 Å². The second-order valence-corrected chi connectivity index (χ2v) is 42.5. The largest absolute Gasteiger partial charge is 0.490 e. The summed E-state index contributed by atoms with van der Waals surface area (Å²) >= 11 is 32.2. The second-order valence-electron chi connectivity index (χ2n) is 39.2. The molecule has 0 aromatic heterocycles. The van der Waals surface area contributed by atoms with Gasteiger partial charge >= 0.3 is 23.9 Å². The molecule has 13 atom stereocenters. The van der Waals surface area contributed by atoms with Crippen LogP contribution in [0.2, 0.25) is 25.1 Å². The Kier molecular flexibility index (Phi) is 35.1. The Morgan fingerprint density at radius 3 is 1.25 bits per heavy atom. The number of carbonyl (C=O) groups is 4. The van der Waals surface area contributed by atoms with Gasteiger partial charge in [0, 0.05) is 112 Å². The fraction of sp³-hybridized carbons (Fsp3) is 0.391.